The number of hydrogen-bond donors (Lipinski definition) is 2. The first-order valence-corrected chi connectivity index (χ1v) is 15.9. The van der Waals surface area contributed by atoms with Crippen molar-refractivity contribution in [2.45, 2.75) is 169 Å². The summed E-state index contributed by atoms with van der Waals surface area (Å²) in [6.45, 7) is 17.9. The molecule has 0 bridgehead atoms. The fraction of sp³-hybridized carbons (Fsp3) is 0.938. The van der Waals surface area contributed by atoms with Gasteiger partial charge in [-0.2, -0.15) is 0 Å². The van der Waals surface area contributed by atoms with Crippen molar-refractivity contribution in [3.8, 4) is 0 Å². The smallest absolute Gasteiger partial charge is 0.306 e. The maximum absolute atomic E-state index is 12.5. The summed E-state index contributed by atoms with van der Waals surface area (Å²) in [4.78, 5) is 24.9. The van der Waals surface area contributed by atoms with Crippen LogP contribution in [0.15, 0.2) is 0 Å². The summed E-state index contributed by atoms with van der Waals surface area (Å²) in [6, 6.07) is 1.67. The van der Waals surface area contributed by atoms with Gasteiger partial charge in [-0.25, -0.2) is 0 Å². The topological polar surface area (TPSA) is 76.7 Å². The highest BCUT2D eigenvalue weighted by atomic mass is 16.5. The molecule has 2 heterocycles. The lowest BCUT2D eigenvalue weighted by molar-refractivity contribution is -0.153. The molecule has 2 rings (SSSR count). The molecule has 0 amide bonds. The molecule has 0 aromatic rings. The minimum absolute atomic E-state index is 0.0398. The van der Waals surface area contributed by atoms with Gasteiger partial charge >= 0.3 is 11.9 Å². The van der Waals surface area contributed by atoms with Crippen LogP contribution >= 0.6 is 0 Å². The number of esters is 2. The predicted molar refractivity (Wildman–Crippen MR) is 156 cm³/mol. The second-order valence-corrected chi connectivity index (χ2v) is 13.5. The number of carbonyl (C=O) groups is 2. The predicted octanol–water partition coefficient (Wildman–Crippen LogP) is 6.80. The Balaban J connectivity index is 1.55. The Morgan fingerprint density at radius 2 is 0.789 bits per heavy atom. The van der Waals surface area contributed by atoms with E-state index in [1.165, 1.54) is 0 Å². The summed E-state index contributed by atoms with van der Waals surface area (Å²) in [5, 5.41) is 7.50. The highest BCUT2D eigenvalue weighted by Gasteiger charge is 2.34. The molecule has 2 aliphatic heterocycles. The van der Waals surface area contributed by atoms with Crippen molar-refractivity contribution in [1.82, 2.24) is 10.6 Å². The van der Waals surface area contributed by atoms with Gasteiger partial charge in [0.15, 0.2) is 0 Å². The molecule has 4 atom stereocenters. The largest absolute Gasteiger partial charge is 0.462 e. The van der Waals surface area contributed by atoms with Gasteiger partial charge in [0, 0.05) is 62.7 Å². The van der Waals surface area contributed by atoms with Crippen LogP contribution in [0.2, 0.25) is 0 Å². The summed E-state index contributed by atoms with van der Waals surface area (Å²) in [5.74, 6) is 2.08. The van der Waals surface area contributed by atoms with Crippen molar-refractivity contribution < 1.29 is 19.1 Å². The summed E-state index contributed by atoms with van der Waals surface area (Å²) in [6.07, 6.45) is 10.8. The molecular weight excluding hydrogens is 476 g/mol. The van der Waals surface area contributed by atoms with Crippen molar-refractivity contribution >= 4 is 11.9 Å². The number of ether oxygens (including phenoxy) is 2. The third-order valence-corrected chi connectivity index (χ3v) is 8.75. The highest BCUT2D eigenvalue weighted by Crippen LogP contribution is 2.27. The average Bonchev–Trinajstić information content (AvgIpc) is 2.84. The molecule has 2 fully saturated rings. The molecule has 0 aromatic carbocycles. The van der Waals surface area contributed by atoms with Gasteiger partial charge in [-0.1, -0.05) is 81.1 Å². The molecule has 4 unspecified atom stereocenters. The molecular formula is C32H60N2O4. The molecule has 2 aliphatic rings. The quantitative estimate of drug-likeness (QED) is 0.177. The second kappa shape index (κ2) is 16.8. The van der Waals surface area contributed by atoms with Crippen LogP contribution in [0.1, 0.15) is 132 Å². The Bertz CT molecular complexity index is 603. The Morgan fingerprint density at radius 3 is 1.05 bits per heavy atom. The molecule has 0 radical (unpaired) electrons. The van der Waals surface area contributed by atoms with E-state index < -0.39 is 0 Å². The van der Waals surface area contributed by atoms with Gasteiger partial charge in [0.2, 0.25) is 0 Å². The molecule has 0 saturated carbocycles. The standard InChI is InChI=1S/C32H60N2O4/c1-21(2)27-17-25(18-28(33-27)22(3)4)37-31(35)15-13-11-9-10-12-14-16-32(36)38-26-19-29(23(5)6)34-30(20-26)24(7)8/h21-30,33-34H,9-20H2,1-8H3. The van der Waals surface area contributed by atoms with E-state index in [-0.39, 0.29) is 24.1 Å². The van der Waals surface area contributed by atoms with Crippen molar-refractivity contribution in [2.24, 2.45) is 23.7 Å². The van der Waals surface area contributed by atoms with Crippen molar-refractivity contribution in [2.75, 3.05) is 0 Å². The van der Waals surface area contributed by atoms with E-state index in [2.05, 4.69) is 66.0 Å². The summed E-state index contributed by atoms with van der Waals surface area (Å²) >= 11 is 0. The van der Waals surface area contributed by atoms with Gasteiger partial charge in [0.25, 0.3) is 0 Å². The molecule has 2 N–H and O–H groups in total. The zero-order valence-corrected chi connectivity index (χ0v) is 25.9. The number of unbranched alkanes of at least 4 members (excludes halogenated alkanes) is 5. The molecule has 0 spiro atoms. The number of carbonyl (C=O) groups excluding carboxylic acids is 2. The van der Waals surface area contributed by atoms with Gasteiger partial charge in [-0.15, -0.1) is 0 Å². The Hall–Kier alpha value is -1.14. The first-order valence-electron chi connectivity index (χ1n) is 15.9. The average molecular weight is 537 g/mol. The molecule has 6 nitrogen and oxygen atoms in total. The minimum Gasteiger partial charge on any atom is -0.462 e. The normalized spacial score (nSPS) is 28.3. The number of nitrogens with one attached hydrogen (secondary N) is 2. The van der Waals surface area contributed by atoms with E-state index in [1.807, 2.05) is 0 Å². The fourth-order valence-electron chi connectivity index (χ4n) is 5.93. The Morgan fingerprint density at radius 1 is 0.526 bits per heavy atom. The third-order valence-electron chi connectivity index (χ3n) is 8.75. The van der Waals surface area contributed by atoms with Crippen LogP contribution in [-0.2, 0) is 19.1 Å². The molecule has 222 valence electrons. The first kappa shape index (κ1) is 33.1. The summed E-state index contributed by atoms with van der Waals surface area (Å²) < 4.78 is 11.8. The lowest BCUT2D eigenvalue weighted by Gasteiger charge is -2.39. The van der Waals surface area contributed by atoms with E-state index in [0.717, 1.165) is 64.2 Å². The molecule has 0 aromatic heterocycles. The second-order valence-electron chi connectivity index (χ2n) is 13.5. The van der Waals surface area contributed by atoms with E-state index in [1.54, 1.807) is 0 Å². The van der Waals surface area contributed by atoms with Crippen LogP contribution < -0.4 is 10.6 Å². The van der Waals surface area contributed by atoms with Gasteiger partial charge in [-0.3, -0.25) is 9.59 Å². The maximum atomic E-state index is 12.5. The van der Waals surface area contributed by atoms with Crippen molar-refractivity contribution in [3.05, 3.63) is 0 Å². The molecule has 0 aliphatic carbocycles. The summed E-state index contributed by atoms with van der Waals surface area (Å²) in [5.41, 5.74) is 0. The first-order chi connectivity index (χ1) is 18.0. The van der Waals surface area contributed by atoms with E-state index in [4.69, 9.17) is 9.47 Å². The van der Waals surface area contributed by atoms with Crippen LogP contribution in [-0.4, -0.2) is 48.3 Å². The lowest BCUT2D eigenvalue weighted by Crippen LogP contribution is -2.52. The Kier molecular flexibility index (Phi) is 14.7. The minimum atomic E-state index is -0.0398. The molecule has 6 heteroatoms. The third kappa shape index (κ3) is 11.9. The number of hydrogen-bond acceptors (Lipinski definition) is 6. The van der Waals surface area contributed by atoms with Crippen LogP contribution in [0, 0.1) is 23.7 Å². The van der Waals surface area contributed by atoms with Crippen LogP contribution in [0.3, 0.4) is 0 Å². The highest BCUT2D eigenvalue weighted by molar-refractivity contribution is 5.69. The Labute approximate surface area is 234 Å². The van der Waals surface area contributed by atoms with Gasteiger partial charge < -0.3 is 20.1 Å². The van der Waals surface area contributed by atoms with Gasteiger partial charge in [0.05, 0.1) is 0 Å². The maximum Gasteiger partial charge on any atom is 0.306 e. The SMILES string of the molecule is CC(C)C1CC(OC(=O)CCCCCCCCC(=O)OC2CC(C(C)C)NC(C(C)C)C2)CC(C(C)C)N1. The van der Waals surface area contributed by atoms with E-state index in [9.17, 15) is 9.59 Å². The number of rotatable bonds is 15. The van der Waals surface area contributed by atoms with Crippen LogP contribution in [0.5, 0.6) is 0 Å². The fourth-order valence-corrected chi connectivity index (χ4v) is 5.93. The molecule has 38 heavy (non-hydrogen) atoms. The van der Waals surface area contributed by atoms with Crippen LogP contribution in [0.4, 0.5) is 0 Å². The van der Waals surface area contributed by atoms with Crippen molar-refractivity contribution in [1.29, 1.82) is 0 Å². The molecule has 2 saturated heterocycles. The van der Waals surface area contributed by atoms with Gasteiger partial charge in [-0.05, 0) is 36.5 Å². The number of piperidine rings is 2. The van der Waals surface area contributed by atoms with Crippen molar-refractivity contribution in [3.63, 3.8) is 0 Å². The van der Waals surface area contributed by atoms with E-state index >= 15 is 0 Å². The van der Waals surface area contributed by atoms with Gasteiger partial charge in [0.1, 0.15) is 12.2 Å². The van der Waals surface area contributed by atoms with E-state index in [0.29, 0.717) is 60.7 Å². The summed E-state index contributed by atoms with van der Waals surface area (Å²) in [7, 11) is 0. The van der Waals surface area contributed by atoms with Crippen LogP contribution in [0.25, 0.3) is 0 Å². The monoisotopic (exact) mass is 536 g/mol. The zero-order chi connectivity index (χ0) is 28.2. The zero-order valence-electron chi connectivity index (χ0n) is 25.9. The lowest BCUT2D eigenvalue weighted by atomic mass is 9.85.